The van der Waals surface area contributed by atoms with Crippen molar-refractivity contribution in [1.82, 2.24) is 5.32 Å². The summed E-state index contributed by atoms with van der Waals surface area (Å²) in [5.41, 5.74) is 0.967. The Kier molecular flexibility index (Phi) is 4.86. The van der Waals surface area contributed by atoms with Gasteiger partial charge >= 0.3 is 6.09 Å². The Morgan fingerprint density at radius 3 is 2.69 bits per heavy atom. The number of halogens is 1. The van der Waals surface area contributed by atoms with Crippen molar-refractivity contribution in [2.75, 3.05) is 7.11 Å². The topological polar surface area (TPSA) is 38.3 Å². The number of benzene rings is 1. The van der Waals surface area contributed by atoms with E-state index in [-0.39, 0.29) is 6.04 Å². The van der Waals surface area contributed by atoms with E-state index in [9.17, 15) is 4.79 Å². The molecule has 0 heterocycles. The molecule has 3 nitrogen and oxygen atoms in total. The van der Waals surface area contributed by atoms with Gasteiger partial charge in [0.2, 0.25) is 0 Å². The van der Waals surface area contributed by atoms with Crippen molar-refractivity contribution in [1.29, 1.82) is 0 Å². The Morgan fingerprint density at radius 1 is 1.56 bits per heavy atom. The lowest BCUT2D eigenvalue weighted by Crippen LogP contribution is -2.27. The van der Waals surface area contributed by atoms with E-state index in [0.717, 1.165) is 5.56 Å². The van der Waals surface area contributed by atoms with Crippen LogP contribution in [0.15, 0.2) is 36.9 Å². The lowest BCUT2D eigenvalue weighted by atomic mass is 10.0. The summed E-state index contributed by atoms with van der Waals surface area (Å²) in [6.07, 6.45) is 1.92. The summed E-state index contributed by atoms with van der Waals surface area (Å²) < 4.78 is 4.56. The smallest absolute Gasteiger partial charge is 0.407 e. The Hall–Kier alpha value is -1.48. The van der Waals surface area contributed by atoms with Crippen LogP contribution < -0.4 is 5.32 Å². The highest BCUT2D eigenvalue weighted by molar-refractivity contribution is 6.30. The number of hydrogen-bond acceptors (Lipinski definition) is 2. The van der Waals surface area contributed by atoms with Gasteiger partial charge < -0.3 is 10.1 Å². The maximum atomic E-state index is 11.1. The summed E-state index contributed by atoms with van der Waals surface area (Å²) in [6.45, 7) is 3.66. The highest BCUT2D eigenvalue weighted by atomic mass is 35.5. The number of carbonyl (C=O) groups excluding carboxylic acids is 1. The fourth-order valence-electron chi connectivity index (χ4n) is 1.34. The van der Waals surface area contributed by atoms with Gasteiger partial charge in [-0.25, -0.2) is 4.79 Å². The lowest BCUT2D eigenvalue weighted by Gasteiger charge is -2.16. The van der Waals surface area contributed by atoms with E-state index in [1.165, 1.54) is 7.11 Å². The molecule has 1 rings (SSSR count). The maximum absolute atomic E-state index is 11.1. The molecule has 1 atom stereocenters. The van der Waals surface area contributed by atoms with E-state index in [1.54, 1.807) is 18.2 Å². The zero-order valence-electron chi connectivity index (χ0n) is 9.07. The normalized spacial score (nSPS) is 11.6. The van der Waals surface area contributed by atoms with Gasteiger partial charge in [0.15, 0.2) is 0 Å². The van der Waals surface area contributed by atoms with Gasteiger partial charge in [-0.05, 0) is 24.1 Å². The predicted octanol–water partition coefficient (Wildman–Crippen LogP) is 3.31. The fraction of sp³-hybridized carbons (Fsp3) is 0.250. The van der Waals surface area contributed by atoms with E-state index in [0.29, 0.717) is 11.4 Å². The third-order valence-electron chi connectivity index (χ3n) is 2.15. The minimum absolute atomic E-state index is 0.137. The third kappa shape index (κ3) is 3.59. The van der Waals surface area contributed by atoms with Crippen LogP contribution in [0.1, 0.15) is 18.0 Å². The molecule has 0 spiro atoms. The molecule has 1 aromatic rings. The van der Waals surface area contributed by atoms with Crippen LogP contribution in [0, 0.1) is 0 Å². The molecule has 0 aromatic heterocycles. The largest absolute Gasteiger partial charge is 0.453 e. The van der Waals surface area contributed by atoms with E-state index >= 15 is 0 Å². The van der Waals surface area contributed by atoms with Crippen molar-refractivity contribution >= 4 is 17.7 Å². The van der Waals surface area contributed by atoms with Crippen molar-refractivity contribution in [3.63, 3.8) is 0 Å². The van der Waals surface area contributed by atoms with Crippen molar-refractivity contribution in [3.8, 4) is 0 Å². The first kappa shape index (κ1) is 12.6. The van der Waals surface area contributed by atoms with Crippen LogP contribution >= 0.6 is 11.6 Å². The molecule has 0 bridgehead atoms. The van der Waals surface area contributed by atoms with Gasteiger partial charge in [0, 0.05) is 5.02 Å². The van der Waals surface area contributed by atoms with Crippen molar-refractivity contribution < 1.29 is 9.53 Å². The van der Waals surface area contributed by atoms with Crippen LogP contribution in [-0.2, 0) is 4.74 Å². The van der Waals surface area contributed by atoms with Crippen LogP contribution in [0.5, 0.6) is 0 Å². The van der Waals surface area contributed by atoms with Gasteiger partial charge in [0.25, 0.3) is 0 Å². The Labute approximate surface area is 100 Å². The van der Waals surface area contributed by atoms with Crippen molar-refractivity contribution in [2.45, 2.75) is 12.5 Å². The fourth-order valence-corrected chi connectivity index (χ4v) is 1.47. The van der Waals surface area contributed by atoms with Crippen LogP contribution in [0.3, 0.4) is 0 Å². The van der Waals surface area contributed by atoms with E-state index in [2.05, 4.69) is 16.6 Å². The second kappa shape index (κ2) is 6.18. The minimum Gasteiger partial charge on any atom is -0.453 e. The first-order valence-corrected chi connectivity index (χ1v) is 5.26. The second-order valence-electron chi connectivity index (χ2n) is 3.26. The summed E-state index contributed by atoms with van der Waals surface area (Å²) in [5, 5.41) is 3.39. The minimum atomic E-state index is -0.457. The van der Waals surface area contributed by atoms with Crippen LogP contribution in [0.2, 0.25) is 5.02 Å². The molecule has 0 aliphatic carbocycles. The Balaban J connectivity index is 2.80. The zero-order valence-corrected chi connectivity index (χ0v) is 9.83. The number of amides is 1. The molecule has 0 saturated carbocycles. The average molecular weight is 240 g/mol. The van der Waals surface area contributed by atoms with Crippen LogP contribution in [0.4, 0.5) is 4.79 Å². The molecule has 0 aliphatic rings. The van der Waals surface area contributed by atoms with E-state index in [4.69, 9.17) is 11.6 Å². The maximum Gasteiger partial charge on any atom is 0.407 e. The molecule has 0 saturated heterocycles. The molecule has 16 heavy (non-hydrogen) atoms. The molecule has 0 aliphatic heterocycles. The summed E-state index contributed by atoms with van der Waals surface area (Å²) in [7, 11) is 1.34. The number of hydrogen-bond donors (Lipinski definition) is 1. The van der Waals surface area contributed by atoms with Crippen molar-refractivity contribution in [3.05, 3.63) is 47.5 Å². The quantitative estimate of drug-likeness (QED) is 0.819. The van der Waals surface area contributed by atoms with E-state index in [1.807, 2.05) is 12.1 Å². The predicted molar refractivity (Wildman–Crippen MR) is 64.5 cm³/mol. The summed E-state index contributed by atoms with van der Waals surface area (Å²) in [5.74, 6) is 0. The molecule has 4 heteroatoms. The van der Waals surface area contributed by atoms with Crippen LogP contribution in [0.25, 0.3) is 0 Å². The number of rotatable bonds is 4. The molecule has 0 radical (unpaired) electrons. The summed E-state index contributed by atoms with van der Waals surface area (Å²) in [6, 6.07) is 7.17. The van der Waals surface area contributed by atoms with Gasteiger partial charge in [0.1, 0.15) is 0 Å². The standard InChI is InChI=1S/C12H14ClNO2/c1-3-4-11(14-12(15)16-2)9-5-7-10(13)8-6-9/h3,5-8,11H,1,4H2,2H3,(H,14,15)/t11-/m1/s1. The van der Waals surface area contributed by atoms with Gasteiger partial charge in [0.05, 0.1) is 13.2 Å². The first-order chi connectivity index (χ1) is 7.67. The molecule has 1 amide bonds. The van der Waals surface area contributed by atoms with Gasteiger partial charge in [-0.2, -0.15) is 0 Å². The number of carbonyl (C=O) groups is 1. The monoisotopic (exact) mass is 239 g/mol. The Morgan fingerprint density at radius 2 is 2.19 bits per heavy atom. The highest BCUT2D eigenvalue weighted by Gasteiger charge is 2.12. The SMILES string of the molecule is C=CC[C@@H](NC(=O)OC)c1ccc(Cl)cc1. The number of nitrogens with one attached hydrogen (secondary N) is 1. The molecule has 86 valence electrons. The van der Waals surface area contributed by atoms with Gasteiger partial charge in [-0.3, -0.25) is 0 Å². The van der Waals surface area contributed by atoms with Crippen molar-refractivity contribution in [2.24, 2.45) is 0 Å². The molecular weight excluding hydrogens is 226 g/mol. The van der Waals surface area contributed by atoms with Gasteiger partial charge in [-0.1, -0.05) is 29.8 Å². The van der Waals surface area contributed by atoms with Crippen LogP contribution in [-0.4, -0.2) is 13.2 Å². The molecule has 1 N–H and O–H groups in total. The molecule has 0 unspecified atom stereocenters. The molecule has 0 fully saturated rings. The van der Waals surface area contributed by atoms with E-state index < -0.39 is 6.09 Å². The number of ether oxygens (including phenoxy) is 1. The Bertz CT molecular complexity index is 362. The lowest BCUT2D eigenvalue weighted by molar-refractivity contribution is 0.166. The molecular formula is C12H14ClNO2. The highest BCUT2D eigenvalue weighted by Crippen LogP contribution is 2.19. The number of alkyl carbamates (subject to hydrolysis) is 1. The summed E-state index contributed by atoms with van der Waals surface area (Å²) >= 11 is 5.79. The second-order valence-corrected chi connectivity index (χ2v) is 3.70. The molecule has 1 aromatic carbocycles. The average Bonchev–Trinajstić information content (AvgIpc) is 2.29. The van der Waals surface area contributed by atoms with Gasteiger partial charge in [-0.15, -0.1) is 6.58 Å². The third-order valence-corrected chi connectivity index (χ3v) is 2.40. The zero-order chi connectivity index (χ0) is 12.0. The number of methoxy groups -OCH3 is 1. The first-order valence-electron chi connectivity index (χ1n) is 4.88. The summed E-state index contributed by atoms with van der Waals surface area (Å²) in [4.78, 5) is 11.1.